The van der Waals surface area contributed by atoms with Crippen LogP contribution in [0, 0.1) is 5.82 Å². The number of nitrogens with one attached hydrogen (secondary N) is 1. The second kappa shape index (κ2) is 7.67. The van der Waals surface area contributed by atoms with E-state index in [0.717, 1.165) is 10.6 Å². The van der Waals surface area contributed by atoms with E-state index in [1.54, 1.807) is 24.3 Å². The molecule has 0 unspecified atom stereocenters. The average molecular weight is 417 g/mol. The van der Waals surface area contributed by atoms with Gasteiger partial charge in [-0.3, -0.25) is 9.10 Å². The Morgan fingerprint density at radius 2 is 2.00 bits per heavy atom. The van der Waals surface area contributed by atoms with E-state index in [-0.39, 0.29) is 29.3 Å². The number of hydrogen-bond acceptors (Lipinski definition) is 5. The van der Waals surface area contributed by atoms with Crippen LogP contribution in [0.4, 0.5) is 10.2 Å². The first-order valence-electron chi connectivity index (χ1n) is 8.66. The first-order valence-corrected chi connectivity index (χ1v) is 10.5. The van der Waals surface area contributed by atoms with E-state index in [4.69, 9.17) is 4.42 Å². The van der Waals surface area contributed by atoms with Gasteiger partial charge in [-0.25, -0.2) is 12.8 Å². The highest BCUT2D eigenvalue weighted by Gasteiger charge is 2.27. The maximum Gasteiger partial charge on any atom is 0.252 e. The number of fused-ring (bicyclic) bond motifs is 1. The molecular weight excluding hydrogens is 397 g/mol. The SMILES string of the molecule is C=CCc1c(N(C)S(C)(=O)=O)nc2oc(-c3ccc(F)cc3)cc2c1C(=O)NC. The molecule has 152 valence electrons. The lowest BCUT2D eigenvalue weighted by molar-refractivity contribution is 0.0964. The molecule has 1 N–H and O–H groups in total. The third-order valence-corrected chi connectivity index (χ3v) is 5.66. The quantitative estimate of drug-likeness (QED) is 0.622. The summed E-state index contributed by atoms with van der Waals surface area (Å²) in [7, 11) is -0.809. The first-order chi connectivity index (χ1) is 13.7. The molecule has 7 nitrogen and oxygen atoms in total. The zero-order valence-corrected chi connectivity index (χ0v) is 17.0. The number of carbonyl (C=O) groups is 1. The highest BCUT2D eigenvalue weighted by molar-refractivity contribution is 7.92. The van der Waals surface area contributed by atoms with Crippen LogP contribution in [0.5, 0.6) is 0 Å². The maximum absolute atomic E-state index is 13.2. The Morgan fingerprint density at radius 1 is 1.34 bits per heavy atom. The smallest absolute Gasteiger partial charge is 0.252 e. The molecule has 0 aliphatic carbocycles. The lowest BCUT2D eigenvalue weighted by atomic mass is 10.0. The largest absolute Gasteiger partial charge is 0.438 e. The average Bonchev–Trinajstić information content (AvgIpc) is 3.10. The highest BCUT2D eigenvalue weighted by atomic mass is 32.2. The predicted octanol–water partition coefficient (Wildman–Crippen LogP) is 3.12. The van der Waals surface area contributed by atoms with Gasteiger partial charge in [-0.2, -0.15) is 4.98 Å². The Kier molecular flexibility index (Phi) is 5.43. The summed E-state index contributed by atoms with van der Waals surface area (Å²) in [6, 6.07) is 7.31. The fraction of sp³-hybridized carbons (Fsp3) is 0.200. The number of allylic oxidation sites excluding steroid dienone is 1. The summed E-state index contributed by atoms with van der Waals surface area (Å²) >= 11 is 0. The molecule has 0 spiro atoms. The fourth-order valence-corrected chi connectivity index (χ4v) is 3.44. The molecule has 1 amide bonds. The van der Waals surface area contributed by atoms with E-state index in [9.17, 15) is 17.6 Å². The second-order valence-electron chi connectivity index (χ2n) is 6.43. The minimum absolute atomic E-state index is 0.0820. The molecule has 2 aromatic heterocycles. The van der Waals surface area contributed by atoms with Crippen molar-refractivity contribution < 1.29 is 22.0 Å². The lowest BCUT2D eigenvalue weighted by Crippen LogP contribution is -2.29. The van der Waals surface area contributed by atoms with Crippen LogP contribution in [0.1, 0.15) is 15.9 Å². The molecule has 0 bridgehead atoms. The van der Waals surface area contributed by atoms with E-state index >= 15 is 0 Å². The Morgan fingerprint density at radius 3 is 2.55 bits per heavy atom. The van der Waals surface area contributed by atoms with Crippen molar-refractivity contribution in [2.24, 2.45) is 0 Å². The van der Waals surface area contributed by atoms with Gasteiger partial charge in [0.25, 0.3) is 5.91 Å². The van der Waals surface area contributed by atoms with Gasteiger partial charge in [0.2, 0.25) is 15.7 Å². The Balaban J connectivity index is 2.37. The van der Waals surface area contributed by atoms with Crippen molar-refractivity contribution in [3.05, 3.63) is 59.9 Å². The topological polar surface area (TPSA) is 92.5 Å². The standard InChI is InChI=1S/C20H20FN3O4S/c1-5-6-14-17(19(25)22-2)15-11-16(12-7-9-13(21)10-8-12)28-20(15)23-18(14)24(3)29(4,26)27/h5,7-11H,1,6H2,2-4H3,(H,22,25). The lowest BCUT2D eigenvalue weighted by Gasteiger charge is -2.20. The molecule has 3 rings (SSSR count). The maximum atomic E-state index is 13.2. The van der Waals surface area contributed by atoms with Gasteiger partial charge in [-0.05, 0) is 36.8 Å². The summed E-state index contributed by atoms with van der Waals surface area (Å²) in [4.78, 5) is 17.1. The number of halogens is 1. The third kappa shape index (κ3) is 3.86. The van der Waals surface area contributed by atoms with Gasteiger partial charge < -0.3 is 9.73 Å². The molecular formula is C20H20FN3O4S. The first kappa shape index (κ1) is 20.5. The number of hydrogen-bond donors (Lipinski definition) is 1. The normalized spacial score (nSPS) is 11.4. The van der Waals surface area contributed by atoms with Crippen LogP contribution in [0.2, 0.25) is 0 Å². The van der Waals surface area contributed by atoms with Gasteiger partial charge in [-0.15, -0.1) is 6.58 Å². The summed E-state index contributed by atoms with van der Waals surface area (Å²) in [5.74, 6) is -0.344. The van der Waals surface area contributed by atoms with Crippen LogP contribution < -0.4 is 9.62 Å². The van der Waals surface area contributed by atoms with Crippen LogP contribution in [-0.4, -0.2) is 39.7 Å². The summed E-state index contributed by atoms with van der Waals surface area (Å²) < 4.78 is 44.3. The Hall–Kier alpha value is -3.20. The van der Waals surface area contributed by atoms with Crippen molar-refractivity contribution >= 4 is 32.8 Å². The fourth-order valence-electron chi connectivity index (χ4n) is 2.98. The molecule has 0 radical (unpaired) electrons. The molecule has 0 aliphatic heterocycles. The molecule has 9 heteroatoms. The number of carbonyl (C=O) groups excluding carboxylic acids is 1. The minimum atomic E-state index is -3.64. The minimum Gasteiger partial charge on any atom is -0.438 e. The number of rotatable bonds is 6. The molecule has 1 aromatic carbocycles. The number of nitrogens with zero attached hydrogens (tertiary/aromatic N) is 2. The summed E-state index contributed by atoms with van der Waals surface area (Å²) in [6.45, 7) is 3.70. The predicted molar refractivity (Wildman–Crippen MR) is 110 cm³/mol. The van der Waals surface area contributed by atoms with Crippen LogP contribution in [-0.2, 0) is 16.4 Å². The number of anilines is 1. The van der Waals surface area contributed by atoms with Crippen molar-refractivity contribution in [2.75, 3.05) is 24.7 Å². The number of furan rings is 1. The highest BCUT2D eigenvalue weighted by Crippen LogP contribution is 2.35. The zero-order valence-electron chi connectivity index (χ0n) is 16.2. The van der Waals surface area contributed by atoms with Gasteiger partial charge in [-0.1, -0.05) is 6.08 Å². The number of aromatic nitrogens is 1. The van der Waals surface area contributed by atoms with Gasteiger partial charge in [0, 0.05) is 25.2 Å². The van der Waals surface area contributed by atoms with Crippen LogP contribution in [0.25, 0.3) is 22.4 Å². The van der Waals surface area contributed by atoms with Crippen molar-refractivity contribution in [1.29, 1.82) is 0 Å². The van der Waals surface area contributed by atoms with E-state index in [1.807, 2.05) is 0 Å². The molecule has 3 aromatic rings. The Bertz CT molecular complexity index is 1200. The molecule has 29 heavy (non-hydrogen) atoms. The summed E-state index contributed by atoms with van der Waals surface area (Å²) in [5, 5.41) is 3.00. The van der Waals surface area contributed by atoms with E-state index in [0.29, 0.717) is 22.3 Å². The van der Waals surface area contributed by atoms with Crippen molar-refractivity contribution in [3.63, 3.8) is 0 Å². The van der Waals surface area contributed by atoms with E-state index in [2.05, 4.69) is 16.9 Å². The molecule has 0 aliphatic rings. The summed E-state index contributed by atoms with van der Waals surface area (Å²) in [5.41, 5.74) is 1.35. The third-order valence-electron chi connectivity index (χ3n) is 4.49. The van der Waals surface area contributed by atoms with Gasteiger partial charge in [0.1, 0.15) is 17.4 Å². The number of pyridine rings is 1. The van der Waals surface area contributed by atoms with Gasteiger partial charge in [0.05, 0.1) is 17.2 Å². The second-order valence-corrected chi connectivity index (χ2v) is 8.44. The van der Waals surface area contributed by atoms with Crippen molar-refractivity contribution in [3.8, 4) is 11.3 Å². The van der Waals surface area contributed by atoms with Crippen molar-refractivity contribution in [1.82, 2.24) is 10.3 Å². The van der Waals surface area contributed by atoms with E-state index < -0.39 is 15.9 Å². The summed E-state index contributed by atoms with van der Waals surface area (Å²) in [6.07, 6.45) is 2.83. The molecule has 0 saturated carbocycles. The van der Waals surface area contributed by atoms with Crippen LogP contribution in [0.3, 0.4) is 0 Å². The van der Waals surface area contributed by atoms with Gasteiger partial charge >= 0.3 is 0 Å². The zero-order chi connectivity index (χ0) is 21.3. The number of amides is 1. The van der Waals surface area contributed by atoms with Crippen LogP contribution in [0.15, 0.2) is 47.4 Å². The van der Waals surface area contributed by atoms with Crippen LogP contribution >= 0.6 is 0 Å². The number of benzene rings is 1. The van der Waals surface area contributed by atoms with Crippen molar-refractivity contribution in [2.45, 2.75) is 6.42 Å². The Labute approximate surface area is 167 Å². The molecule has 0 fully saturated rings. The monoisotopic (exact) mass is 417 g/mol. The number of sulfonamides is 1. The van der Waals surface area contributed by atoms with Gasteiger partial charge in [0.15, 0.2) is 0 Å². The molecule has 2 heterocycles. The molecule has 0 saturated heterocycles. The van der Waals surface area contributed by atoms with E-state index in [1.165, 1.54) is 26.2 Å². The molecule has 0 atom stereocenters.